The molecular formula is C4H9I2N-2. The predicted octanol–water partition coefficient (Wildman–Crippen LogP) is -5.25. The third kappa shape index (κ3) is 4.99. The molecule has 0 saturated carbocycles. The Kier molecular flexibility index (Phi) is 6.12. The average molecular weight is 325 g/mol. The van der Waals surface area contributed by atoms with Gasteiger partial charge in [-0.15, -0.1) is 0 Å². The summed E-state index contributed by atoms with van der Waals surface area (Å²) in [5, 5.41) is 7.24. The van der Waals surface area contributed by atoms with Gasteiger partial charge in [0.1, 0.15) is 0 Å². The van der Waals surface area contributed by atoms with Gasteiger partial charge in [0.15, 0.2) is 0 Å². The van der Waals surface area contributed by atoms with E-state index in [4.69, 9.17) is 5.41 Å². The fraction of sp³-hybridized carbons (Fsp3) is 0.750. The Morgan fingerprint density at radius 3 is 2.43 bits per heavy atom. The predicted molar refractivity (Wildman–Crippen MR) is 24.2 cm³/mol. The van der Waals surface area contributed by atoms with Gasteiger partial charge in [0.05, 0.1) is 0 Å². The zero-order chi connectivity index (χ0) is 5.70. The second kappa shape index (κ2) is 5.27. The topological polar surface area (TPSA) is 23.9 Å². The van der Waals surface area contributed by atoms with Crippen molar-refractivity contribution in [2.45, 2.75) is 6.92 Å². The van der Waals surface area contributed by atoms with Crippen LogP contribution in [0.1, 0.15) is 6.92 Å². The second-order valence-electron chi connectivity index (χ2n) is 0.850. The van der Waals surface area contributed by atoms with Crippen LogP contribution in [0.15, 0.2) is 0 Å². The summed E-state index contributed by atoms with van der Waals surface area (Å²) in [6, 6.07) is 0. The van der Waals surface area contributed by atoms with Gasteiger partial charge in [-0.1, -0.05) is 0 Å². The van der Waals surface area contributed by atoms with Crippen molar-refractivity contribution in [3.63, 3.8) is 0 Å². The summed E-state index contributed by atoms with van der Waals surface area (Å²) in [6.07, 6.45) is 0. The molecule has 0 unspecified atom stereocenters. The number of rotatable bonds is 3. The number of alkyl halides is 2. The molecule has 0 amide bonds. The molecule has 0 saturated heterocycles. The molecule has 0 aromatic carbocycles. The molecule has 0 radical (unpaired) electrons. The van der Waals surface area contributed by atoms with Gasteiger partial charge in [-0.2, -0.15) is 0 Å². The summed E-state index contributed by atoms with van der Waals surface area (Å²) in [4.78, 5) is 2.16. The van der Waals surface area contributed by atoms with Crippen LogP contribution < -0.4 is 42.4 Å². The fourth-order valence-electron chi connectivity index (χ4n) is 0.168. The first-order valence-electron chi connectivity index (χ1n) is 1.98. The van der Waals surface area contributed by atoms with Gasteiger partial charge < -0.3 is 0 Å². The van der Waals surface area contributed by atoms with Gasteiger partial charge >= 0.3 is 65.8 Å². The van der Waals surface area contributed by atoms with Crippen LogP contribution in [0.25, 0.3) is 0 Å². The van der Waals surface area contributed by atoms with Crippen molar-refractivity contribution >= 4 is 1.73 Å². The molecule has 1 nitrogen and oxygen atoms in total. The molecule has 0 aliphatic carbocycles. The number of hydrogen-bond donors (Lipinski definition) is 1. The SMILES string of the molecule is CC[I-]C(=N)[I-]C. The van der Waals surface area contributed by atoms with Crippen LogP contribution in [0.5, 0.6) is 0 Å². The normalized spacial score (nSPS) is 10.0. The second-order valence-corrected chi connectivity index (χ2v) is 8.44. The van der Waals surface area contributed by atoms with Gasteiger partial charge in [-0.3, -0.25) is 0 Å². The van der Waals surface area contributed by atoms with Crippen molar-refractivity contribution in [3.8, 4) is 0 Å². The minimum absolute atomic E-state index is 0.170. The Labute approximate surface area is 65.3 Å². The van der Waals surface area contributed by atoms with Crippen LogP contribution in [0.4, 0.5) is 0 Å². The van der Waals surface area contributed by atoms with Crippen LogP contribution in [0.2, 0.25) is 0 Å². The number of hydrogen-bond acceptors (Lipinski definition) is 1. The summed E-state index contributed by atoms with van der Waals surface area (Å²) >= 11 is 0.368. The Morgan fingerprint density at radius 2 is 2.29 bits per heavy atom. The van der Waals surface area contributed by atoms with Crippen molar-refractivity contribution in [2.75, 3.05) is 9.36 Å². The molecule has 0 fully saturated rings. The van der Waals surface area contributed by atoms with E-state index in [0.29, 0.717) is 0 Å². The van der Waals surface area contributed by atoms with E-state index < -0.39 is 0 Å². The molecule has 0 aromatic heterocycles. The molecule has 0 aliphatic rings. The van der Waals surface area contributed by atoms with Crippen molar-refractivity contribution in [1.82, 2.24) is 0 Å². The molecule has 0 spiro atoms. The number of halogens is 2. The van der Waals surface area contributed by atoms with E-state index in [9.17, 15) is 0 Å². The standard InChI is InChI=1S/C4H9I2N/c1-3-6-4(7)5-2/h7H,3H2,1-2H3/q-2. The Hall–Kier alpha value is 1.13. The summed E-state index contributed by atoms with van der Waals surface area (Å²) in [6.45, 7) is 2.17. The van der Waals surface area contributed by atoms with E-state index in [1.165, 1.54) is 4.43 Å². The van der Waals surface area contributed by atoms with Crippen LogP contribution >= 0.6 is 0 Å². The average Bonchev–Trinajstić information content (AvgIpc) is 1.68. The molecule has 1 N–H and O–H groups in total. The molecule has 0 aromatic rings. The zero-order valence-electron chi connectivity index (χ0n) is 4.46. The molecule has 3 heteroatoms. The van der Waals surface area contributed by atoms with E-state index in [1.54, 1.807) is 0 Å². The van der Waals surface area contributed by atoms with Crippen LogP contribution in [0.3, 0.4) is 0 Å². The maximum absolute atomic E-state index is 7.24. The molecule has 7 heavy (non-hydrogen) atoms. The zero-order valence-corrected chi connectivity index (χ0v) is 8.78. The summed E-state index contributed by atoms with van der Waals surface area (Å²) in [7, 11) is 0. The first-order chi connectivity index (χ1) is 3.31. The molecule has 0 bridgehead atoms. The molecule has 0 heterocycles. The Morgan fingerprint density at radius 1 is 1.71 bits per heavy atom. The van der Waals surface area contributed by atoms with E-state index >= 15 is 0 Å². The first kappa shape index (κ1) is 8.13. The first-order valence-corrected chi connectivity index (χ1v) is 7.82. The van der Waals surface area contributed by atoms with Gasteiger partial charge in [0.25, 0.3) is 0 Å². The molecule has 0 atom stereocenters. The Balaban J connectivity index is 3.00. The summed E-state index contributed by atoms with van der Waals surface area (Å²) in [5.41, 5.74) is 0. The van der Waals surface area contributed by atoms with Crippen molar-refractivity contribution in [1.29, 1.82) is 5.41 Å². The molecule has 0 aliphatic heterocycles. The van der Waals surface area contributed by atoms with E-state index in [0.717, 1.165) is 1.73 Å². The van der Waals surface area contributed by atoms with Gasteiger partial charge in [-0.05, 0) is 0 Å². The fourth-order valence-corrected chi connectivity index (χ4v) is 4.99. The summed E-state index contributed by atoms with van der Waals surface area (Å²) < 4.78 is 2.35. The number of nitrogens with one attached hydrogen (secondary N) is 1. The van der Waals surface area contributed by atoms with Crippen molar-refractivity contribution in [3.05, 3.63) is 0 Å². The van der Waals surface area contributed by atoms with Crippen LogP contribution in [-0.4, -0.2) is 11.1 Å². The Bertz CT molecular complexity index is 62.7. The van der Waals surface area contributed by atoms with Crippen LogP contribution in [-0.2, 0) is 0 Å². The van der Waals surface area contributed by atoms with E-state index in [2.05, 4.69) is 11.9 Å². The van der Waals surface area contributed by atoms with Gasteiger partial charge in [0.2, 0.25) is 0 Å². The maximum atomic E-state index is 7.24. The van der Waals surface area contributed by atoms with Crippen molar-refractivity contribution in [2.24, 2.45) is 0 Å². The quantitative estimate of drug-likeness (QED) is 0.305. The third-order valence-electron chi connectivity index (χ3n) is 0.417. The molecule has 46 valence electrons. The third-order valence-corrected chi connectivity index (χ3v) is 7.47. The van der Waals surface area contributed by atoms with Gasteiger partial charge in [0, 0.05) is 0 Å². The monoisotopic (exact) mass is 325 g/mol. The van der Waals surface area contributed by atoms with Crippen LogP contribution in [0, 0.1) is 5.41 Å². The minimum atomic E-state index is 0.170. The van der Waals surface area contributed by atoms with Gasteiger partial charge in [-0.25, -0.2) is 0 Å². The molecule has 0 rings (SSSR count). The van der Waals surface area contributed by atoms with Crippen molar-refractivity contribution < 1.29 is 42.4 Å². The van der Waals surface area contributed by atoms with E-state index in [1.807, 2.05) is 0 Å². The summed E-state index contributed by atoms with van der Waals surface area (Å²) in [5.74, 6) is 0. The molecular weight excluding hydrogens is 316 g/mol. The van der Waals surface area contributed by atoms with E-state index in [-0.39, 0.29) is 42.4 Å².